The maximum Gasteiger partial charge on any atom is 0.321 e. The molecule has 5 heteroatoms. The van der Waals surface area contributed by atoms with E-state index in [-0.39, 0.29) is 18.6 Å². The first kappa shape index (κ1) is 16.1. The Morgan fingerprint density at radius 2 is 1.87 bits per heavy atom. The van der Waals surface area contributed by atoms with Crippen molar-refractivity contribution in [1.82, 2.24) is 4.90 Å². The van der Waals surface area contributed by atoms with Gasteiger partial charge in [0.1, 0.15) is 0 Å². The number of amides is 2. The van der Waals surface area contributed by atoms with Gasteiger partial charge in [-0.05, 0) is 31.4 Å². The second-order valence-electron chi connectivity index (χ2n) is 6.63. The number of likely N-dealkylation sites (tertiary alicyclic amines) is 1. The summed E-state index contributed by atoms with van der Waals surface area (Å²) in [6.45, 7) is 3.65. The van der Waals surface area contributed by atoms with E-state index in [2.05, 4.69) is 16.3 Å². The molecule has 2 aliphatic rings. The van der Waals surface area contributed by atoms with Crippen molar-refractivity contribution < 1.29 is 9.90 Å². The molecule has 0 aliphatic carbocycles. The largest absolute Gasteiger partial charge is 0.396 e. The van der Waals surface area contributed by atoms with E-state index in [4.69, 9.17) is 0 Å². The molecule has 3 rings (SSSR count). The number of benzene rings is 1. The molecule has 2 saturated heterocycles. The first-order valence-electron chi connectivity index (χ1n) is 8.78. The molecular formula is C18H27N3O2. The highest BCUT2D eigenvalue weighted by Gasteiger charge is 2.26. The maximum atomic E-state index is 12.5. The van der Waals surface area contributed by atoms with E-state index in [1.54, 1.807) is 4.90 Å². The third kappa shape index (κ3) is 3.96. The zero-order valence-corrected chi connectivity index (χ0v) is 13.7. The highest BCUT2D eigenvalue weighted by atomic mass is 16.3. The van der Waals surface area contributed by atoms with E-state index < -0.39 is 0 Å². The second-order valence-corrected chi connectivity index (χ2v) is 6.63. The molecule has 1 atom stereocenters. The van der Waals surface area contributed by atoms with Crippen molar-refractivity contribution in [2.24, 2.45) is 5.92 Å². The van der Waals surface area contributed by atoms with Crippen LogP contribution in [0.4, 0.5) is 16.2 Å². The first-order chi connectivity index (χ1) is 11.3. The number of nitrogens with zero attached hydrogens (tertiary/aromatic N) is 2. The Hall–Kier alpha value is -1.75. The minimum atomic E-state index is -0.0526. The smallest absolute Gasteiger partial charge is 0.321 e. The van der Waals surface area contributed by atoms with Crippen molar-refractivity contribution in [3.05, 3.63) is 24.3 Å². The molecule has 2 heterocycles. The lowest BCUT2D eigenvalue weighted by Crippen LogP contribution is -2.34. The summed E-state index contributed by atoms with van der Waals surface area (Å²) in [6, 6.07) is 8.03. The molecular weight excluding hydrogens is 290 g/mol. The first-order valence-corrected chi connectivity index (χ1v) is 8.78. The molecule has 23 heavy (non-hydrogen) atoms. The van der Waals surface area contributed by atoms with Crippen LogP contribution in [0, 0.1) is 5.92 Å². The van der Waals surface area contributed by atoms with Gasteiger partial charge in [-0.3, -0.25) is 0 Å². The SMILES string of the molecule is O=C(Nc1ccccc1N1CCCCCC1)N1CCC(CO)C1. The summed E-state index contributed by atoms with van der Waals surface area (Å²) in [5.41, 5.74) is 2.02. The lowest BCUT2D eigenvalue weighted by Gasteiger charge is -2.26. The van der Waals surface area contributed by atoms with E-state index >= 15 is 0 Å². The monoisotopic (exact) mass is 317 g/mol. The molecule has 2 N–H and O–H groups in total. The quantitative estimate of drug-likeness (QED) is 0.901. The van der Waals surface area contributed by atoms with Crippen LogP contribution < -0.4 is 10.2 Å². The summed E-state index contributed by atoms with van der Waals surface area (Å²) in [7, 11) is 0. The van der Waals surface area contributed by atoms with Gasteiger partial charge < -0.3 is 20.2 Å². The van der Waals surface area contributed by atoms with E-state index in [0.29, 0.717) is 6.54 Å². The van der Waals surface area contributed by atoms with Crippen molar-refractivity contribution in [2.75, 3.05) is 43.0 Å². The number of aliphatic hydroxyl groups is 1. The van der Waals surface area contributed by atoms with Crippen LogP contribution in [0.25, 0.3) is 0 Å². The van der Waals surface area contributed by atoms with E-state index in [1.165, 1.54) is 25.7 Å². The lowest BCUT2D eigenvalue weighted by atomic mass is 10.1. The van der Waals surface area contributed by atoms with Crippen LogP contribution in [0.5, 0.6) is 0 Å². The molecule has 0 spiro atoms. The summed E-state index contributed by atoms with van der Waals surface area (Å²) in [6.07, 6.45) is 5.90. The van der Waals surface area contributed by atoms with Crippen molar-refractivity contribution in [1.29, 1.82) is 0 Å². The van der Waals surface area contributed by atoms with Gasteiger partial charge in [0.05, 0.1) is 11.4 Å². The molecule has 0 radical (unpaired) electrons. The maximum absolute atomic E-state index is 12.5. The average molecular weight is 317 g/mol. The van der Waals surface area contributed by atoms with Crippen LogP contribution >= 0.6 is 0 Å². The Morgan fingerprint density at radius 1 is 1.13 bits per heavy atom. The van der Waals surface area contributed by atoms with Gasteiger partial charge in [0.15, 0.2) is 0 Å². The number of para-hydroxylation sites is 2. The van der Waals surface area contributed by atoms with Crippen LogP contribution in [-0.4, -0.2) is 48.8 Å². The number of hydrogen-bond acceptors (Lipinski definition) is 3. The van der Waals surface area contributed by atoms with Crippen molar-refractivity contribution in [2.45, 2.75) is 32.1 Å². The van der Waals surface area contributed by atoms with Gasteiger partial charge in [-0.1, -0.05) is 25.0 Å². The number of anilines is 2. The number of rotatable bonds is 3. The molecule has 2 fully saturated rings. The number of hydrogen-bond donors (Lipinski definition) is 2. The second kappa shape index (κ2) is 7.68. The average Bonchev–Trinajstić information content (AvgIpc) is 2.90. The van der Waals surface area contributed by atoms with Gasteiger partial charge >= 0.3 is 6.03 Å². The number of carbonyl (C=O) groups is 1. The lowest BCUT2D eigenvalue weighted by molar-refractivity contribution is 0.209. The van der Waals surface area contributed by atoms with Crippen LogP contribution in [0.1, 0.15) is 32.1 Å². The standard InChI is InChI=1S/C18H27N3O2/c22-14-15-9-12-21(13-15)18(23)19-16-7-3-4-8-17(16)20-10-5-1-2-6-11-20/h3-4,7-8,15,22H,1-2,5-6,9-14H2,(H,19,23). The summed E-state index contributed by atoms with van der Waals surface area (Å²) in [4.78, 5) is 16.7. The Labute approximate surface area is 138 Å². The molecule has 0 bridgehead atoms. The third-order valence-electron chi connectivity index (χ3n) is 4.92. The Morgan fingerprint density at radius 3 is 2.57 bits per heavy atom. The molecule has 1 aromatic carbocycles. The topological polar surface area (TPSA) is 55.8 Å². The van der Waals surface area contributed by atoms with Crippen molar-refractivity contribution in [3.63, 3.8) is 0 Å². The fourth-order valence-corrected chi connectivity index (χ4v) is 3.53. The number of urea groups is 1. The zero-order chi connectivity index (χ0) is 16.1. The molecule has 1 unspecified atom stereocenters. The van der Waals surface area contributed by atoms with Gasteiger partial charge in [-0.15, -0.1) is 0 Å². The molecule has 0 aromatic heterocycles. The van der Waals surface area contributed by atoms with Crippen LogP contribution in [0.2, 0.25) is 0 Å². The Kier molecular flexibility index (Phi) is 5.39. The highest BCUT2D eigenvalue weighted by molar-refractivity contribution is 5.93. The van der Waals surface area contributed by atoms with Gasteiger partial charge in [0.25, 0.3) is 0 Å². The predicted molar refractivity (Wildman–Crippen MR) is 92.9 cm³/mol. The van der Waals surface area contributed by atoms with E-state index in [1.807, 2.05) is 18.2 Å². The fraction of sp³-hybridized carbons (Fsp3) is 0.611. The van der Waals surface area contributed by atoms with Crippen molar-refractivity contribution >= 4 is 17.4 Å². The van der Waals surface area contributed by atoms with Crippen molar-refractivity contribution in [3.8, 4) is 0 Å². The molecule has 0 saturated carbocycles. The summed E-state index contributed by atoms with van der Waals surface area (Å²) >= 11 is 0. The molecule has 5 nitrogen and oxygen atoms in total. The Balaban J connectivity index is 1.69. The predicted octanol–water partition coefficient (Wildman–Crippen LogP) is 2.91. The summed E-state index contributed by atoms with van der Waals surface area (Å²) in [5.74, 6) is 0.224. The number of carbonyl (C=O) groups excluding carboxylic acids is 1. The van der Waals surface area contributed by atoms with Gasteiger partial charge in [-0.25, -0.2) is 4.79 Å². The minimum absolute atomic E-state index is 0.0526. The summed E-state index contributed by atoms with van der Waals surface area (Å²) < 4.78 is 0. The van der Waals surface area contributed by atoms with Crippen LogP contribution in [-0.2, 0) is 0 Å². The van der Waals surface area contributed by atoms with Crippen LogP contribution in [0.15, 0.2) is 24.3 Å². The molecule has 2 aliphatic heterocycles. The molecule has 126 valence electrons. The minimum Gasteiger partial charge on any atom is -0.396 e. The van der Waals surface area contributed by atoms with Gasteiger partial charge in [0, 0.05) is 38.7 Å². The van der Waals surface area contributed by atoms with Crippen LogP contribution in [0.3, 0.4) is 0 Å². The zero-order valence-electron chi connectivity index (χ0n) is 13.7. The van der Waals surface area contributed by atoms with Gasteiger partial charge in [0.2, 0.25) is 0 Å². The normalized spacial score (nSPS) is 22.0. The molecule has 1 aromatic rings. The summed E-state index contributed by atoms with van der Waals surface area (Å²) in [5, 5.41) is 12.3. The molecule has 2 amide bonds. The number of nitrogens with one attached hydrogen (secondary N) is 1. The van der Waals surface area contributed by atoms with E-state index in [0.717, 1.165) is 37.4 Å². The Bertz CT molecular complexity index is 527. The fourth-order valence-electron chi connectivity index (χ4n) is 3.53. The number of aliphatic hydroxyl groups excluding tert-OH is 1. The highest BCUT2D eigenvalue weighted by Crippen LogP contribution is 2.28. The van der Waals surface area contributed by atoms with E-state index in [9.17, 15) is 9.90 Å². The third-order valence-corrected chi connectivity index (χ3v) is 4.92. The van der Waals surface area contributed by atoms with Gasteiger partial charge in [-0.2, -0.15) is 0 Å².